The predicted molar refractivity (Wildman–Crippen MR) is 130 cm³/mol. The van der Waals surface area contributed by atoms with Crippen molar-refractivity contribution in [2.75, 3.05) is 6.61 Å². The highest BCUT2D eigenvalue weighted by atomic mass is 35.5. The number of ether oxygens (including phenoxy) is 2. The fraction of sp³-hybridized carbons (Fsp3) is 0.130. The van der Waals surface area contributed by atoms with E-state index < -0.39 is 0 Å². The topological polar surface area (TPSA) is 59.9 Å². The zero-order valence-corrected chi connectivity index (χ0v) is 19.9. The Bertz CT molecular complexity index is 1130. The van der Waals surface area contributed by atoms with Gasteiger partial charge < -0.3 is 9.47 Å². The number of carbonyl (C=O) groups is 1. The molecule has 1 amide bonds. The molecule has 0 aromatic heterocycles. The lowest BCUT2D eigenvalue weighted by molar-refractivity contribution is 0.0955. The number of benzene rings is 3. The highest BCUT2D eigenvalue weighted by molar-refractivity contribution is 6.42. The highest BCUT2D eigenvalue weighted by Crippen LogP contribution is 2.37. The summed E-state index contributed by atoms with van der Waals surface area (Å²) in [5.41, 5.74) is 4.34. The molecule has 0 unspecified atom stereocenters. The van der Waals surface area contributed by atoms with Gasteiger partial charge in [-0.3, -0.25) is 4.79 Å². The van der Waals surface area contributed by atoms with Gasteiger partial charge in [-0.05, 0) is 66.6 Å². The Labute approximate surface area is 205 Å². The van der Waals surface area contributed by atoms with Gasteiger partial charge in [0.2, 0.25) is 0 Å². The van der Waals surface area contributed by atoms with E-state index >= 15 is 0 Å². The van der Waals surface area contributed by atoms with Crippen LogP contribution < -0.4 is 14.9 Å². The SMILES string of the molecule is CCOc1cc(/C=N\NC(=O)c2ccc(Cl)cc2)cc(Cl)c1OCc1ccc(Cl)c(Cl)c1. The molecule has 3 aromatic rings. The van der Waals surface area contributed by atoms with Crippen LogP contribution in [0.25, 0.3) is 0 Å². The molecule has 0 aliphatic rings. The van der Waals surface area contributed by atoms with Crippen molar-refractivity contribution < 1.29 is 14.3 Å². The van der Waals surface area contributed by atoms with Crippen LogP contribution in [0.15, 0.2) is 59.7 Å². The zero-order valence-electron chi connectivity index (χ0n) is 16.9. The van der Waals surface area contributed by atoms with Crippen LogP contribution in [0.1, 0.15) is 28.4 Å². The van der Waals surface area contributed by atoms with E-state index in [4.69, 9.17) is 55.9 Å². The molecular weight excluding hydrogens is 494 g/mol. The van der Waals surface area contributed by atoms with Crippen LogP contribution in [0.2, 0.25) is 20.1 Å². The molecular formula is C23H18Cl4N2O3. The Kier molecular flexibility index (Phi) is 8.65. The average molecular weight is 512 g/mol. The predicted octanol–water partition coefficient (Wildman–Crippen LogP) is 7.04. The minimum atomic E-state index is -0.365. The number of hydrogen-bond acceptors (Lipinski definition) is 4. The van der Waals surface area contributed by atoms with E-state index in [2.05, 4.69) is 10.5 Å². The van der Waals surface area contributed by atoms with Crippen molar-refractivity contribution in [2.45, 2.75) is 13.5 Å². The molecule has 1 N–H and O–H groups in total. The Morgan fingerprint density at radius 1 is 0.938 bits per heavy atom. The number of nitrogens with zero attached hydrogens (tertiary/aromatic N) is 1. The first kappa shape index (κ1) is 24.2. The summed E-state index contributed by atoms with van der Waals surface area (Å²) in [5.74, 6) is 0.475. The van der Waals surface area contributed by atoms with Gasteiger partial charge in [-0.25, -0.2) is 5.43 Å². The fourth-order valence-electron chi connectivity index (χ4n) is 2.68. The van der Waals surface area contributed by atoms with Crippen molar-refractivity contribution in [3.8, 4) is 11.5 Å². The second-order valence-electron chi connectivity index (χ2n) is 6.51. The lowest BCUT2D eigenvalue weighted by Gasteiger charge is -2.14. The second-order valence-corrected chi connectivity index (χ2v) is 8.16. The van der Waals surface area contributed by atoms with Crippen LogP contribution in [-0.4, -0.2) is 18.7 Å². The monoisotopic (exact) mass is 510 g/mol. The molecule has 0 spiro atoms. The lowest BCUT2D eigenvalue weighted by Crippen LogP contribution is -2.17. The molecule has 0 fully saturated rings. The van der Waals surface area contributed by atoms with Gasteiger partial charge in [-0.2, -0.15) is 5.10 Å². The van der Waals surface area contributed by atoms with Crippen molar-refractivity contribution in [3.05, 3.63) is 91.4 Å². The molecule has 0 atom stereocenters. The number of carbonyl (C=O) groups excluding carboxylic acids is 1. The van der Waals surface area contributed by atoms with Crippen LogP contribution in [0, 0.1) is 0 Å². The molecule has 0 radical (unpaired) electrons. The number of nitrogens with one attached hydrogen (secondary N) is 1. The average Bonchev–Trinajstić information content (AvgIpc) is 2.76. The molecule has 3 aromatic carbocycles. The van der Waals surface area contributed by atoms with Gasteiger partial charge in [-0.15, -0.1) is 0 Å². The zero-order chi connectivity index (χ0) is 23.1. The Balaban J connectivity index is 1.72. The van der Waals surface area contributed by atoms with E-state index in [1.54, 1.807) is 48.5 Å². The molecule has 0 aliphatic carbocycles. The summed E-state index contributed by atoms with van der Waals surface area (Å²) in [7, 11) is 0. The van der Waals surface area contributed by atoms with E-state index in [-0.39, 0.29) is 12.5 Å². The molecule has 0 aliphatic heterocycles. The van der Waals surface area contributed by atoms with E-state index in [0.29, 0.717) is 49.3 Å². The van der Waals surface area contributed by atoms with Crippen molar-refractivity contribution >= 4 is 58.5 Å². The summed E-state index contributed by atoms with van der Waals surface area (Å²) in [6.45, 7) is 2.48. The molecule has 5 nitrogen and oxygen atoms in total. The third kappa shape index (κ3) is 6.53. The number of halogens is 4. The Morgan fingerprint density at radius 2 is 1.69 bits per heavy atom. The molecule has 9 heteroatoms. The van der Waals surface area contributed by atoms with Gasteiger partial charge in [0, 0.05) is 10.6 Å². The first-order valence-electron chi connectivity index (χ1n) is 9.49. The maximum atomic E-state index is 12.1. The lowest BCUT2D eigenvalue weighted by atomic mass is 10.2. The van der Waals surface area contributed by atoms with Crippen molar-refractivity contribution in [2.24, 2.45) is 5.10 Å². The first-order chi connectivity index (χ1) is 15.4. The molecule has 0 bridgehead atoms. The summed E-state index contributed by atoms with van der Waals surface area (Å²) >= 11 is 24.3. The minimum absolute atomic E-state index is 0.223. The van der Waals surface area contributed by atoms with E-state index in [1.165, 1.54) is 6.21 Å². The molecule has 0 saturated heterocycles. The molecule has 166 valence electrons. The normalized spacial score (nSPS) is 10.9. The largest absolute Gasteiger partial charge is 0.490 e. The molecule has 32 heavy (non-hydrogen) atoms. The van der Waals surface area contributed by atoms with Gasteiger partial charge in [-0.1, -0.05) is 52.5 Å². The molecule has 3 rings (SSSR count). The number of amides is 1. The molecule has 0 saturated carbocycles. The van der Waals surface area contributed by atoms with Gasteiger partial charge in [0.25, 0.3) is 5.91 Å². The van der Waals surface area contributed by atoms with E-state index in [9.17, 15) is 4.79 Å². The summed E-state index contributed by atoms with van der Waals surface area (Å²) in [6, 6.07) is 15.1. The standard InChI is InChI=1S/C23H18Cl4N2O3/c1-2-31-21-11-15(12-28-29-23(30)16-4-6-17(24)7-5-16)10-20(27)22(21)32-13-14-3-8-18(25)19(26)9-14/h3-12H,2,13H2,1H3,(H,29,30)/b28-12-. The van der Waals surface area contributed by atoms with Crippen LogP contribution in [0.3, 0.4) is 0 Å². The van der Waals surface area contributed by atoms with Crippen LogP contribution in [0.4, 0.5) is 0 Å². The maximum Gasteiger partial charge on any atom is 0.271 e. The molecule has 0 heterocycles. The quantitative estimate of drug-likeness (QED) is 0.260. The van der Waals surface area contributed by atoms with E-state index in [1.807, 2.05) is 13.0 Å². The van der Waals surface area contributed by atoms with Crippen molar-refractivity contribution in [1.29, 1.82) is 0 Å². The summed E-state index contributed by atoms with van der Waals surface area (Å²) in [5, 5.41) is 5.77. The third-order valence-corrected chi connectivity index (χ3v) is 5.46. The van der Waals surface area contributed by atoms with Gasteiger partial charge in [0.15, 0.2) is 11.5 Å². The van der Waals surface area contributed by atoms with Crippen LogP contribution >= 0.6 is 46.4 Å². The smallest absolute Gasteiger partial charge is 0.271 e. The van der Waals surface area contributed by atoms with Crippen molar-refractivity contribution in [1.82, 2.24) is 5.43 Å². The van der Waals surface area contributed by atoms with Gasteiger partial charge in [0.1, 0.15) is 6.61 Å². The third-order valence-electron chi connectivity index (χ3n) is 4.19. The second kappa shape index (κ2) is 11.4. The fourth-order valence-corrected chi connectivity index (χ4v) is 3.40. The van der Waals surface area contributed by atoms with Gasteiger partial charge >= 0.3 is 0 Å². The minimum Gasteiger partial charge on any atom is -0.490 e. The van der Waals surface area contributed by atoms with Crippen LogP contribution in [-0.2, 0) is 6.61 Å². The first-order valence-corrected chi connectivity index (χ1v) is 11.0. The summed E-state index contributed by atoms with van der Waals surface area (Å²) < 4.78 is 11.6. The maximum absolute atomic E-state index is 12.1. The van der Waals surface area contributed by atoms with Gasteiger partial charge in [0.05, 0.1) is 27.9 Å². The summed E-state index contributed by atoms with van der Waals surface area (Å²) in [6.07, 6.45) is 1.46. The van der Waals surface area contributed by atoms with Crippen LogP contribution in [0.5, 0.6) is 11.5 Å². The number of hydrogen-bond donors (Lipinski definition) is 1. The number of hydrazone groups is 1. The number of rotatable bonds is 8. The van der Waals surface area contributed by atoms with E-state index in [0.717, 1.165) is 5.56 Å². The van der Waals surface area contributed by atoms with Crippen molar-refractivity contribution in [3.63, 3.8) is 0 Å². The Morgan fingerprint density at radius 3 is 2.38 bits per heavy atom. The Hall–Kier alpha value is -2.44. The summed E-state index contributed by atoms with van der Waals surface area (Å²) in [4.78, 5) is 12.1. The highest BCUT2D eigenvalue weighted by Gasteiger charge is 2.13.